The van der Waals surface area contributed by atoms with E-state index in [9.17, 15) is 18.0 Å². The molecule has 2 aromatic rings. The van der Waals surface area contributed by atoms with E-state index in [1.54, 1.807) is 43.2 Å². The van der Waals surface area contributed by atoms with Gasteiger partial charge in [0.25, 0.3) is 0 Å². The Bertz CT molecular complexity index is 911. The van der Waals surface area contributed by atoms with Crippen molar-refractivity contribution in [2.75, 3.05) is 18.7 Å². The predicted octanol–water partition coefficient (Wildman–Crippen LogP) is 5.81. The van der Waals surface area contributed by atoms with Gasteiger partial charge in [-0.15, -0.1) is 0 Å². The molecule has 5 nitrogen and oxygen atoms in total. The van der Waals surface area contributed by atoms with E-state index in [2.05, 4.69) is 5.10 Å². The minimum absolute atomic E-state index is 0.130. The van der Waals surface area contributed by atoms with Crippen LogP contribution in [-0.4, -0.2) is 30.4 Å². The Morgan fingerprint density at radius 3 is 2.39 bits per heavy atom. The molecule has 0 radical (unpaired) electrons. The van der Waals surface area contributed by atoms with E-state index in [-0.39, 0.29) is 5.92 Å². The molecular weight excluding hydrogens is 409 g/mol. The summed E-state index contributed by atoms with van der Waals surface area (Å²) in [6.45, 7) is 5.89. The van der Waals surface area contributed by atoms with Gasteiger partial charge in [-0.1, -0.05) is 19.1 Å². The van der Waals surface area contributed by atoms with Crippen molar-refractivity contribution in [3.05, 3.63) is 59.7 Å². The number of hydrogen-bond donors (Lipinski definition) is 1. The number of nitrogens with zero attached hydrogens (tertiary/aromatic N) is 2. The molecule has 0 bridgehead atoms. The average Bonchev–Trinajstić information content (AvgIpc) is 2.71. The quantitative estimate of drug-likeness (QED) is 0.398. The van der Waals surface area contributed by atoms with Crippen molar-refractivity contribution in [1.29, 1.82) is 0 Å². The number of carboxylic acids is 1. The lowest BCUT2D eigenvalue weighted by Gasteiger charge is -2.18. The molecule has 8 heteroatoms. The zero-order valence-corrected chi connectivity index (χ0v) is 18.0. The molecule has 168 valence electrons. The van der Waals surface area contributed by atoms with Crippen LogP contribution in [-0.2, 0) is 11.0 Å². The van der Waals surface area contributed by atoms with Crippen LogP contribution in [0.1, 0.15) is 44.2 Å². The molecule has 0 spiro atoms. The SMILES string of the molecule is C/C(CC(C)COc1cccc(C(C)C(=O)O)c1)=N/N(C)c1ccc(C(F)(F)F)cc1. The van der Waals surface area contributed by atoms with Crippen molar-refractivity contribution in [3.8, 4) is 5.75 Å². The monoisotopic (exact) mass is 436 g/mol. The van der Waals surface area contributed by atoms with Crippen LogP contribution in [0.4, 0.5) is 18.9 Å². The van der Waals surface area contributed by atoms with Gasteiger partial charge in [-0.05, 0) is 68.1 Å². The minimum Gasteiger partial charge on any atom is -0.493 e. The Morgan fingerprint density at radius 1 is 1.16 bits per heavy atom. The van der Waals surface area contributed by atoms with Crippen molar-refractivity contribution in [1.82, 2.24) is 0 Å². The molecule has 0 aliphatic rings. The van der Waals surface area contributed by atoms with Gasteiger partial charge < -0.3 is 9.84 Å². The maximum atomic E-state index is 12.7. The molecule has 0 amide bonds. The molecule has 0 aromatic heterocycles. The van der Waals surface area contributed by atoms with E-state index in [1.807, 2.05) is 13.8 Å². The van der Waals surface area contributed by atoms with Crippen LogP contribution >= 0.6 is 0 Å². The zero-order chi connectivity index (χ0) is 23.2. The Morgan fingerprint density at radius 2 is 1.81 bits per heavy atom. The molecule has 0 saturated heterocycles. The van der Waals surface area contributed by atoms with E-state index in [0.717, 1.165) is 17.8 Å². The Balaban J connectivity index is 1.91. The first-order valence-electron chi connectivity index (χ1n) is 9.88. The van der Waals surface area contributed by atoms with Crippen LogP contribution in [0.25, 0.3) is 0 Å². The number of ether oxygens (including phenoxy) is 1. The van der Waals surface area contributed by atoms with Crippen LogP contribution in [0, 0.1) is 5.92 Å². The van der Waals surface area contributed by atoms with Gasteiger partial charge in [0.05, 0.1) is 23.8 Å². The Hall–Kier alpha value is -3.03. The minimum atomic E-state index is -4.36. The van der Waals surface area contributed by atoms with E-state index in [4.69, 9.17) is 9.84 Å². The second-order valence-corrected chi connectivity index (χ2v) is 7.66. The number of benzene rings is 2. The summed E-state index contributed by atoms with van der Waals surface area (Å²) >= 11 is 0. The van der Waals surface area contributed by atoms with Crippen molar-refractivity contribution in [2.24, 2.45) is 11.0 Å². The first kappa shape index (κ1) is 24.2. The van der Waals surface area contributed by atoms with Gasteiger partial charge in [0.15, 0.2) is 0 Å². The summed E-state index contributed by atoms with van der Waals surface area (Å²) in [5.74, 6) is -0.773. The summed E-state index contributed by atoms with van der Waals surface area (Å²) in [5.41, 5.74) is 1.35. The molecule has 2 unspecified atom stereocenters. The van der Waals surface area contributed by atoms with Gasteiger partial charge >= 0.3 is 12.1 Å². The fourth-order valence-electron chi connectivity index (χ4n) is 3.04. The van der Waals surface area contributed by atoms with Gasteiger partial charge in [-0.25, -0.2) is 0 Å². The highest BCUT2D eigenvalue weighted by atomic mass is 19.4. The van der Waals surface area contributed by atoms with Crippen molar-refractivity contribution < 1.29 is 27.8 Å². The molecule has 2 atom stereocenters. The van der Waals surface area contributed by atoms with Crippen LogP contribution in [0.2, 0.25) is 0 Å². The molecule has 0 aliphatic carbocycles. The third-order valence-electron chi connectivity index (χ3n) is 4.80. The van der Waals surface area contributed by atoms with Gasteiger partial charge in [0.2, 0.25) is 0 Å². The fourth-order valence-corrected chi connectivity index (χ4v) is 3.04. The average molecular weight is 436 g/mol. The number of carboxylic acid groups (broad SMARTS) is 1. The topological polar surface area (TPSA) is 62.1 Å². The summed E-state index contributed by atoms with van der Waals surface area (Å²) in [6.07, 6.45) is -3.73. The molecule has 0 heterocycles. The highest BCUT2D eigenvalue weighted by Crippen LogP contribution is 2.30. The van der Waals surface area contributed by atoms with Crippen molar-refractivity contribution in [2.45, 2.75) is 39.3 Å². The molecule has 0 fully saturated rings. The number of halogens is 3. The molecule has 2 aromatic carbocycles. The lowest BCUT2D eigenvalue weighted by molar-refractivity contribution is -0.138. The molecular formula is C23H27F3N2O3. The lowest BCUT2D eigenvalue weighted by Crippen LogP contribution is -2.16. The molecule has 1 N–H and O–H groups in total. The lowest BCUT2D eigenvalue weighted by atomic mass is 10.0. The van der Waals surface area contributed by atoms with Crippen LogP contribution in [0.15, 0.2) is 53.6 Å². The summed E-state index contributed by atoms with van der Waals surface area (Å²) in [7, 11) is 1.68. The molecule has 31 heavy (non-hydrogen) atoms. The number of rotatable bonds is 9. The van der Waals surface area contributed by atoms with E-state index >= 15 is 0 Å². The summed E-state index contributed by atoms with van der Waals surface area (Å²) < 4.78 is 43.9. The predicted molar refractivity (Wildman–Crippen MR) is 115 cm³/mol. The van der Waals surface area contributed by atoms with Crippen LogP contribution < -0.4 is 9.75 Å². The maximum Gasteiger partial charge on any atom is 0.416 e. The second-order valence-electron chi connectivity index (χ2n) is 7.66. The van der Waals surface area contributed by atoms with Crippen molar-refractivity contribution in [3.63, 3.8) is 0 Å². The second kappa shape index (κ2) is 10.3. The Labute approximate surface area is 180 Å². The first-order valence-corrected chi connectivity index (χ1v) is 9.88. The molecule has 0 saturated carbocycles. The number of anilines is 1. The smallest absolute Gasteiger partial charge is 0.416 e. The number of alkyl halides is 3. The van der Waals surface area contributed by atoms with E-state index in [0.29, 0.717) is 30.0 Å². The number of hydrazone groups is 1. The van der Waals surface area contributed by atoms with E-state index in [1.165, 1.54) is 12.1 Å². The summed E-state index contributed by atoms with van der Waals surface area (Å²) in [4.78, 5) is 11.1. The van der Waals surface area contributed by atoms with E-state index < -0.39 is 23.6 Å². The van der Waals surface area contributed by atoms with Gasteiger partial charge in [-0.3, -0.25) is 9.80 Å². The summed E-state index contributed by atoms with van der Waals surface area (Å²) in [5, 5.41) is 15.1. The maximum absolute atomic E-state index is 12.7. The third kappa shape index (κ3) is 7.31. The zero-order valence-electron chi connectivity index (χ0n) is 18.0. The molecule has 0 aliphatic heterocycles. The number of aliphatic carboxylic acids is 1. The Kier molecular flexibility index (Phi) is 8.08. The highest BCUT2D eigenvalue weighted by molar-refractivity contribution is 5.83. The highest BCUT2D eigenvalue weighted by Gasteiger charge is 2.30. The van der Waals surface area contributed by atoms with Crippen LogP contribution in [0.3, 0.4) is 0 Å². The standard InChI is InChI=1S/C23H27F3N2O3/c1-15(14-31-21-7-5-6-18(13-21)17(3)22(29)30)12-16(2)27-28(4)20-10-8-19(9-11-20)23(24,25)26/h5-11,13,15,17H,12,14H2,1-4H3,(H,29,30)/b27-16-. The third-order valence-corrected chi connectivity index (χ3v) is 4.80. The van der Waals surface area contributed by atoms with Gasteiger partial charge in [-0.2, -0.15) is 18.3 Å². The number of hydrogen-bond acceptors (Lipinski definition) is 4. The first-order chi connectivity index (χ1) is 14.5. The van der Waals surface area contributed by atoms with Crippen molar-refractivity contribution >= 4 is 17.4 Å². The normalized spacial score (nSPS) is 14.1. The van der Waals surface area contributed by atoms with Crippen LogP contribution in [0.5, 0.6) is 5.75 Å². The van der Waals surface area contributed by atoms with Gasteiger partial charge in [0.1, 0.15) is 5.75 Å². The summed E-state index contributed by atoms with van der Waals surface area (Å²) in [6, 6.07) is 11.9. The number of carbonyl (C=O) groups is 1. The van der Waals surface area contributed by atoms with Gasteiger partial charge in [0, 0.05) is 12.8 Å². The fraction of sp³-hybridized carbons (Fsp3) is 0.391. The molecule has 2 rings (SSSR count). The largest absolute Gasteiger partial charge is 0.493 e.